The molecule has 3 aromatic rings. The van der Waals surface area contributed by atoms with Crippen LogP contribution in [0.25, 0.3) is 0 Å². The zero-order valence-corrected chi connectivity index (χ0v) is 15.7. The van der Waals surface area contributed by atoms with Crippen LogP contribution in [0.5, 0.6) is 17.2 Å². The Hall–Kier alpha value is -3.26. The third-order valence-electron chi connectivity index (χ3n) is 3.64. The van der Waals surface area contributed by atoms with E-state index < -0.39 is 0 Å². The fourth-order valence-corrected chi connectivity index (χ4v) is 2.60. The van der Waals surface area contributed by atoms with Gasteiger partial charge in [-0.25, -0.2) is 0 Å². The molecule has 3 rings (SSSR count). The highest BCUT2D eigenvalue weighted by Crippen LogP contribution is 2.31. The molecule has 0 fully saturated rings. The van der Waals surface area contributed by atoms with Crippen molar-refractivity contribution in [3.63, 3.8) is 0 Å². The quantitative estimate of drug-likeness (QED) is 0.627. The second kappa shape index (κ2) is 8.41. The molecule has 0 saturated heterocycles. The van der Waals surface area contributed by atoms with E-state index in [0.29, 0.717) is 39.7 Å². The molecule has 2 N–H and O–H groups in total. The molecule has 0 aliphatic rings. The maximum Gasteiger partial charge on any atom is 0.249 e. The summed E-state index contributed by atoms with van der Waals surface area (Å²) >= 11 is 6.14. The molecule has 0 unspecified atom stereocenters. The molecule has 27 heavy (non-hydrogen) atoms. The van der Waals surface area contributed by atoms with E-state index in [1.165, 1.54) is 6.20 Å². The summed E-state index contributed by atoms with van der Waals surface area (Å²) in [7, 11) is 4.74. The van der Waals surface area contributed by atoms with E-state index in [-0.39, 0.29) is 0 Å². The van der Waals surface area contributed by atoms with Gasteiger partial charge in [0.25, 0.3) is 0 Å². The number of anilines is 4. The zero-order valence-electron chi connectivity index (χ0n) is 15.0. The van der Waals surface area contributed by atoms with Crippen LogP contribution in [-0.4, -0.2) is 36.5 Å². The third-order valence-corrected chi connectivity index (χ3v) is 3.93. The summed E-state index contributed by atoms with van der Waals surface area (Å²) in [5, 5.41) is 14.7. The highest BCUT2D eigenvalue weighted by molar-refractivity contribution is 6.32. The standard InChI is InChI=1S/C18H18ClN5O3/c1-25-12-5-7-16(27-3)14(9-12)22-18-23-17(10-20-24-18)21-11-4-6-15(26-2)13(19)8-11/h4-10H,1-3H3,(H2,21,22,23,24). The van der Waals surface area contributed by atoms with E-state index >= 15 is 0 Å². The molecular formula is C18H18ClN5O3. The molecule has 0 atom stereocenters. The first kappa shape index (κ1) is 18.5. The van der Waals surface area contributed by atoms with Crippen LogP contribution in [0.15, 0.2) is 42.6 Å². The van der Waals surface area contributed by atoms with Crippen molar-refractivity contribution in [1.29, 1.82) is 0 Å². The predicted octanol–water partition coefficient (Wildman–Crippen LogP) is 4.04. The molecule has 1 aromatic heterocycles. The molecule has 9 heteroatoms. The Morgan fingerprint density at radius 2 is 1.67 bits per heavy atom. The van der Waals surface area contributed by atoms with Crippen molar-refractivity contribution in [1.82, 2.24) is 15.2 Å². The number of hydrogen-bond acceptors (Lipinski definition) is 8. The lowest BCUT2D eigenvalue weighted by Gasteiger charge is -2.12. The Morgan fingerprint density at radius 1 is 0.889 bits per heavy atom. The highest BCUT2D eigenvalue weighted by atomic mass is 35.5. The predicted molar refractivity (Wildman–Crippen MR) is 104 cm³/mol. The second-order valence-electron chi connectivity index (χ2n) is 5.33. The van der Waals surface area contributed by atoms with Gasteiger partial charge in [-0.3, -0.25) is 0 Å². The van der Waals surface area contributed by atoms with Gasteiger partial charge in [-0.2, -0.15) is 10.1 Å². The number of hydrogen-bond donors (Lipinski definition) is 2. The van der Waals surface area contributed by atoms with Crippen molar-refractivity contribution < 1.29 is 14.2 Å². The van der Waals surface area contributed by atoms with Crippen LogP contribution < -0.4 is 24.8 Å². The van der Waals surface area contributed by atoms with E-state index in [2.05, 4.69) is 25.8 Å². The molecule has 0 spiro atoms. The van der Waals surface area contributed by atoms with E-state index in [9.17, 15) is 0 Å². The van der Waals surface area contributed by atoms with Gasteiger partial charge in [-0.1, -0.05) is 11.6 Å². The minimum atomic E-state index is 0.297. The summed E-state index contributed by atoms with van der Waals surface area (Å²) in [6.07, 6.45) is 1.51. The summed E-state index contributed by atoms with van der Waals surface area (Å²) < 4.78 is 15.7. The number of halogens is 1. The van der Waals surface area contributed by atoms with E-state index in [4.69, 9.17) is 25.8 Å². The smallest absolute Gasteiger partial charge is 0.249 e. The fraction of sp³-hybridized carbons (Fsp3) is 0.167. The van der Waals surface area contributed by atoms with Crippen LogP contribution >= 0.6 is 11.6 Å². The van der Waals surface area contributed by atoms with Crippen LogP contribution in [0, 0.1) is 0 Å². The van der Waals surface area contributed by atoms with Gasteiger partial charge >= 0.3 is 0 Å². The Labute approximate surface area is 161 Å². The molecule has 8 nitrogen and oxygen atoms in total. The first-order valence-corrected chi connectivity index (χ1v) is 8.30. The Kier molecular flexibility index (Phi) is 5.77. The first-order chi connectivity index (χ1) is 13.1. The van der Waals surface area contributed by atoms with Crippen molar-refractivity contribution in [2.24, 2.45) is 0 Å². The number of nitrogens with zero attached hydrogens (tertiary/aromatic N) is 3. The number of benzene rings is 2. The number of nitrogens with one attached hydrogen (secondary N) is 2. The second-order valence-corrected chi connectivity index (χ2v) is 5.74. The molecule has 2 aromatic carbocycles. The van der Waals surface area contributed by atoms with Gasteiger partial charge in [-0.05, 0) is 30.3 Å². The Bertz CT molecular complexity index is 939. The molecule has 0 aliphatic heterocycles. The molecule has 0 saturated carbocycles. The van der Waals surface area contributed by atoms with Gasteiger partial charge in [0.2, 0.25) is 5.95 Å². The zero-order chi connectivity index (χ0) is 19.2. The van der Waals surface area contributed by atoms with Crippen molar-refractivity contribution in [3.05, 3.63) is 47.6 Å². The molecule has 0 bridgehead atoms. The van der Waals surface area contributed by atoms with Crippen LogP contribution in [0.2, 0.25) is 5.02 Å². The number of methoxy groups -OCH3 is 3. The summed E-state index contributed by atoms with van der Waals surface area (Å²) in [5.41, 5.74) is 1.40. The minimum Gasteiger partial charge on any atom is -0.497 e. The minimum absolute atomic E-state index is 0.297. The van der Waals surface area contributed by atoms with Gasteiger partial charge < -0.3 is 24.8 Å². The summed E-state index contributed by atoms with van der Waals surface area (Å²) in [6.45, 7) is 0. The lowest BCUT2D eigenvalue weighted by molar-refractivity contribution is 0.405. The lowest BCUT2D eigenvalue weighted by Crippen LogP contribution is -2.03. The maximum absolute atomic E-state index is 6.14. The van der Waals surface area contributed by atoms with E-state index in [1.54, 1.807) is 51.7 Å². The van der Waals surface area contributed by atoms with Crippen molar-refractivity contribution in [3.8, 4) is 17.2 Å². The molecule has 0 radical (unpaired) electrons. The average molecular weight is 388 g/mol. The Balaban J connectivity index is 1.81. The normalized spacial score (nSPS) is 10.2. The van der Waals surface area contributed by atoms with Crippen molar-refractivity contribution in [2.75, 3.05) is 32.0 Å². The fourth-order valence-electron chi connectivity index (χ4n) is 2.34. The first-order valence-electron chi connectivity index (χ1n) is 7.92. The Morgan fingerprint density at radius 3 is 2.37 bits per heavy atom. The third kappa shape index (κ3) is 4.48. The van der Waals surface area contributed by atoms with Crippen LogP contribution in [0.4, 0.5) is 23.1 Å². The molecule has 0 amide bonds. The molecule has 0 aliphatic carbocycles. The van der Waals surface area contributed by atoms with Gasteiger partial charge in [0.15, 0.2) is 5.82 Å². The summed E-state index contributed by atoms with van der Waals surface area (Å²) in [5.74, 6) is 2.69. The highest BCUT2D eigenvalue weighted by Gasteiger charge is 2.09. The lowest BCUT2D eigenvalue weighted by atomic mass is 10.2. The largest absolute Gasteiger partial charge is 0.497 e. The van der Waals surface area contributed by atoms with E-state index in [0.717, 1.165) is 5.69 Å². The molecular weight excluding hydrogens is 370 g/mol. The average Bonchev–Trinajstić information content (AvgIpc) is 2.68. The monoisotopic (exact) mass is 387 g/mol. The van der Waals surface area contributed by atoms with Crippen LogP contribution in [0.1, 0.15) is 0 Å². The summed E-state index contributed by atoms with van der Waals surface area (Å²) in [6, 6.07) is 10.7. The molecule has 1 heterocycles. The topological polar surface area (TPSA) is 90.4 Å². The number of rotatable bonds is 7. The van der Waals surface area contributed by atoms with Crippen molar-refractivity contribution >= 4 is 34.7 Å². The summed E-state index contributed by atoms with van der Waals surface area (Å²) in [4.78, 5) is 4.40. The maximum atomic E-state index is 6.14. The van der Waals surface area contributed by atoms with Gasteiger partial charge in [0, 0.05) is 11.8 Å². The van der Waals surface area contributed by atoms with Gasteiger partial charge in [-0.15, -0.1) is 5.10 Å². The van der Waals surface area contributed by atoms with Crippen LogP contribution in [-0.2, 0) is 0 Å². The number of aromatic nitrogens is 3. The van der Waals surface area contributed by atoms with Crippen LogP contribution in [0.3, 0.4) is 0 Å². The number of ether oxygens (including phenoxy) is 3. The SMILES string of the molecule is COc1ccc(OC)c(Nc2nncc(Nc3ccc(OC)c(Cl)c3)n2)c1. The molecule has 140 valence electrons. The van der Waals surface area contributed by atoms with Gasteiger partial charge in [0.1, 0.15) is 17.2 Å². The van der Waals surface area contributed by atoms with Gasteiger partial charge in [0.05, 0.1) is 38.2 Å². The van der Waals surface area contributed by atoms with E-state index in [1.807, 2.05) is 6.07 Å². The van der Waals surface area contributed by atoms with Crippen molar-refractivity contribution in [2.45, 2.75) is 0 Å².